The summed E-state index contributed by atoms with van der Waals surface area (Å²) >= 11 is 0. The van der Waals surface area contributed by atoms with E-state index in [1.54, 1.807) is 19.3 Å². The lowest BCUT2D eigenvalue weighted by atomic mass is 9.96. The number of carboxylic acid groups (broad SMARTS) is 1. The molecule has 3 aromatic rings. The maximum absolute atomic E-state index is 11.0. The van der Waals surface area contributed by atoms with Crippen LogP contribution in [0.2, 0.25) is 0 Å². The van der Waals surface area contributed by atoms with Crippen LogP contribution in [0.4, 0.5) is 5.69 Å². The minimum absolute atomic E-state index is 0.0327. The first kappa shape index (κ1) is 22.5. The molecule has 0 unspecified atom stereocenters. The quantitative estimate of drug-likeness (QED) is 0.304. The number of carboxylic acids is 1. The molecule has 0 aliphatic heterocycles. The van der Waals surface area contributed by atoms with E-state index in [4.69, 9.17) is 15.6 Å². The highest BCUT2D eigenvalue weighted by Gasteiger charge is 2.13. The van der Waals surface area contributed by atoms with E-state index < -0.39 is 5.97 Å². The van der Waals surface area contributed by atoms with Gasteiger partial charge in [-0.15, -0.1) is 5.92 Å². The first-order chi connectivity index (χ1) is 15.5. The summed E-state index contributed by atoms with van der Waals surface area (Å²) in [5, 5.41) is 9.06. The number of aliphatic carboxylic acids is 1. The molecule has 0 radical (unpaired) electrons. The predicted molar refractivity (Wildman–Crippen MR) is 123 cm³/mol. The maximum Gasteiger partial charge on any atom is 0.304 e. The summed E-state index contributed by atoms with van der Waals surface area (Å²) in [6, 6.07) is 14.9. The molecule has 1 atom stereocenters. The van der Waals surface area contributed by atoms with Gasteiger partial charge in [-0.25, -0.2) is 9.97 Å². The number of hydrogen-bond acceptors (Lipinski definition) is 6. The predicted octanol–water partition coefficient (Wildman–Crippen LogP) is 3.84. The van der Waals surface area contributed by atoms with Gasteiger partial charge in [0, 0.05) is 23.7 Å². The number of ether oxygens (including phenoxy) is 1. The summed E-state index contributed by atoms with van der Waals surface area (Å²) in [6.45, 7) is 2.52. The van der Waals surface area contributed by atoms with Crippen LogP contribution in [0.3, 0.4) is 0 Å². The first-order valence-corrected chi connectivity index (χ1v) is 10.0. The Morgan fingerprint density at radius 2 is 2.06 bits per heavy atom. The van der Waals surface area contributed by atoms with Crippen molar-refractivity contribution in [2.75, 3.05) is 5.73 Å². The maximum atomic E-state index is 11.0. The van der Waals surface area contributed by atoms with Crippen molar-refractivity contribution in [3.05, 3.63) is 83.4 Å². The number of nitrogens with zero attached hydrogens (tertiary/aromatic N) is 3. The van der Waals surface area contributed by atoms with Crippen LogP contribution in [0.5, 0.6) is 5.75 Å². The van der Waals surface area contributed by atoms with Crippen LogP contribution in [0.25, 0.3) is 0 Å². The molecule has 1 heterocycles. The molecular formula is C25H24N4O3. The number of anilines is 1. The van der Waals surface area contributed by atoms with Crippen LogP contribution in [0, 0.1) is 11.8 Å². The third-order valence-electron chi connectivity index (χ3n) is 4.66. The Morgan fingerprint density at radius 3 is 2.72 bits per heavy atom. The van der Waals surface area contributed by atoms with Gasteiger partial charge in [-0.3, -0.25) is 9.79 Å². The summed E-state index contributed by atoms with van der Waals surface area (Å²) in [6.07, 6.45) is 4.88. The largest absolute Gasteiger partial charge is 0.489 e. The second-order valence-electron chi connectivity index (χ2n) is 7.04. The van der Waals surface area contributed by atoms with Crippen molar-refractivity contribution in [1.29, 1.82) is 0 Å². The Labute approximate surface area is 187 Å². The number of carbonyl (C=O) groups is 1. The monoisotopic (exact) mass is 428 g/mol. The molecule has 0 aliphatic carbocycles. The SMILES string of the molecule is CC#C[C@@H](CC(=O)O)c1ccc(OCc2ccc(C=NCc3ccncn3)c(N)c2)cc1. The number of aromatic nitrogens is 2. The van der Waals surface area contributed by atoms with Crippen LogP contribution in [0.1, 0.15) is 41.6 Å². The number of benzene rings is 2. The van der Waals surface area contributed by atoms with Crippen molar-refractivity contribution >= 4 is 17.9 Å². The number of aliphatic imine (C=N–C) groups is 1. The molecule has 1 aromatic heterocycles. The summed E-state index contributed by atoms with van der Waals surface area (Å²) in [7, 11) is 0. The molecule has 0 fully saturated rings. The topological polar surface area (TPSA) is 111 Å². The van der Waals surface area contributed by atoms with Crippen LogP contribution in [0.15, 0.2) is 66.0 Å². The molecule has 0 saturated heterocycles. The first-order valence-electron chi connectivity index (χ1n) is 10.0. The Hall–Kier alpha value is -4.18. The van der Waals surface area contributed by atoms with Crippen molar-refractivity contribution in [3.8, 4) is 17.6 Å². The van der Waals surface area contributed by atoms with Gasteiger partial charge in [-0.05, 0) is 42.3 Å². The van der Waals surface area contributed by atoms with Gasteiger partial charge >= 0.3 is 5.97 Å². The van der Waals surface area contributed by atoms with Gasteiger partial charge < -0.3 is 15.6 Å². The molecule has 7 heteroatoms. The molecule has 3 N–H and O–H groups in total. The fourth-order valence-electron chi connectivity index (χ4n) is 3.04. The Kier molecular flexibility index (Phi) is 7.93. The molecule has 2 aromatic carbocycles. The average molecular weight is 428 g/mol. The number of hydrogen-bond donors (Lipinski definition) is 2. The lowest BCUT2D eigenvalue weighted by Crippen LogP contribution is -2.04. The number of rotatable bonds is 9. The van der Waals surface area contributed by atoms with Crippen molar-refractivity contribution < 1.29 is 14.6 Å². The Balaban J connectivity index is 1.57. The van der Waals surface area contributed by atoms with Gasteiger partial charge in [0.2, 0.25) is 0 Å². The van der Waals surface area contributed by atoms with E-state index >= 15 is 0 Å². The van der Waals surface area contributed by atoms with E-state index in [0.29, 0.717) is 24.6 Å². The smallest absolute Gasteiger partial charge is 0.304 e. The van der Waals surface area contributed by atoms with E-state index in [1.807, 2.05) is 48.5 Å². The zero-order chi connectivity index (χ0) is 22.8. The average Bonchev–Trinajstić information content (AvgIpc) is 2.79. The van der Waals surface area contributed by atoms with Crippen molar-refractivity contribution in [1.82, 2.24) is 9.97 Å². The van der Waals surface area contributed by atoms with Crippen molar-refractivity contribution in [3.63, 3.8) is 0 Å². The standard InChI is InChI=1S/C25H24N4O3/c1-2-3-20(13-25(30)31)19-6-8-23(9-7-19)32-16-18-4-5-21(24(26)12-18)14-28-15-22-10-11-27-17-29-22/h4-12,14,17,20H,13,15-16,26H2,1H3,(H,30,31)/t20-/m0/s1. The molecule has 0 saturated carbocycles. The van der Waals surface area contributed by atoms with E-state index in [2.05, 4.69) is 26.8 Å². The van der Waals surface area contributed by atoms with Gasteiger partial charge in [0.25, 0.3) is 0 Å². The van der Waals surface area contributed by atoms with Gasteiger partial charge in [-0.1, -0.05) is 30.2 Å². The zero-order valence-electron chi connectivity index (χ0n) is 17.7. The lowest BCUT2D eigenvalue weighted by molar-refractivity contribution is -0.137. The fourth-order valence-corrected chi connectivity index (χ4v) is 3.04. The highest BCUT2D eigenvalue weighted by atomic mass is 16.5. The molecular weight excluding hydrogens is 404 g/mol. The summed E-state index contributed by atoms with van der Waals surface area (Å²) < 4.78 is 5.85. The third-order valence-corrected chi connectivity index (χ3v) is 4.66. The van der Waals surface area contributed by atoms with Gasteiger partial charge in [-0.2, -0.15) is 0 Å². The fraction of sp³-hybridized carbons (Fsp3) is 0.200. The summed E-state index contributed by atoms with van der Waals surface area (Å²) in [5.74, 6) is 5.20. The minimum Gasteiger partial charge on any atom is -0.489 e. The van der Waals surface area contributed by atoms with Gasteiger partial charge in [0.1, 0.15) is 18.7 Å². The zero-order valence-corrected chi connectivity index (χ0v) is 17.7. The Morgan fingerprint density at radius 1 is 1.25 bits per heavy atom. The van der Waals surface area contributed by atoms with Gasteiger partial charge in [0.15, 0.2) is 0 Å². The molecule has 0 aliphatic rings. The number of nitrogens with two attached hydrogens (primary N) is 1. The highest BCUT2D eigenvalue weighted by Crippen LogP contribution is 2.23. The molecule has 0 amide bonds. The highest BCUT2D eigenvalue weighted by molar-refractivity contribution is 5.87. The van der Waals surface area contributed by atoms with E-state index in [-0.39, 0.29) is 12.3 Å². The molecule has 162 valence electrons. The molecule has 0 spiro atoms. The van der Waals surface area contributed by atoms with Crippen LogP contribution in [-0.2, 0) is 17.9 Å². The van der Waals surface area contributed by atoms with E-state index in [0.717, 1.165) is 22.4 Å². The van der Waals surface area contributed by atoms with Crippen LogP contribution >= 0.6 is 0 Å². The van der Waals surface area contributed by atoms with E-state index in [9.17, 15) is 4.79 Å². The molecule has 7 nitrogen and oxygen atoms in total. The van der Waals surface area contributed by atoms with E-state index in [1.165, 1.54) is 6.33 Å². The summed E-state index contributed by atoms with van der Waals surface area (Å²) in [4.78, 5) is 23.4. The normalized spacial score (nSPS) is 11.5. The van der Waals surface area contributed by atoms with Crippen molar-refractivity contribution in [2.45, 2.75) is 32.4 Å². The number of nitrogen functional groups attached to an aromatic ring is 1. The van der Waals surface area contributed by atoms with Crippen LogP contribution < -0.4 is 10.5 Å². The molecule has 0 bridgehead atoms. The second kappa shape index (κ2) is 11.3. The summed E-state index contributed by atoms with van der Waals surface area (Å²) in [5.41, 5.74) is 10.2. The van der Waals surface area contributed by atoms with Gasteiger partial charge in [0.05, 0.1) is 24.6 Å². The van der Waals surface area contributed by atoms with Crippen LogP contribution in [-0.4, -0.2) is 27.3 Å². The Bertz CT molecular complexity index is 1130. The minimum atomic E-state index is -0.877. The van der Waals surface area contributed by atoms with Crippen molar-refractivity contribution in [2.24, 2.45) is 4.99 Å². The third kappa shape index (κ3) is 6.67. The lowest BCUT2D eigenvalue weighted by Gasteiger charge is -2.11. The molecule has 3 rings (SSSR count). The molecule has 32 heavy (non-hydrogen) atoms. The second-order valence-corrected chi connectivity index (χ2v) is 7.04.